The molecule has 0 bridgehead atoms. The summed E-state index contributed by atoms with van der Waals surface area (Å²) in [7, 11) is 0. The van der Waals surface area contributed by atoms with Crippen molar-refractivity contribution in [3.8, 4) is 0 Å². The third-order valence-electron chi connectivity index (χ3n) is 3.43. The van der Waals surface area contributed by atoms with Crippen LogP contribution in [0, 0.1) is 11.3 Å². The molecule has 0 aliphatic heterocycles. The second-order valence-electron chi connectivity index (χ2n) is 6.55. The summed E-state index contributed by atoms with van der Waals surface area (Å²) in [5.41, 5.74) is -0.101. The molecule has 1 atom stereocenters. The van der Waals surface area contributed by atoms with Crippen LogP contribution >= 0.6 is 0 Å². The number of aliphatic hydroxyl groups excluding tert-OH is 1. The maximum absolute atomic E-state index is 11.4. The lowest BCUT2D eigenvalue weighted by molar-refractivity contribution is -0.486. The van der Waals surface area contributed by atoms with E-state index in [9.17, 15) is 9.59 Å². The molecule has 2 amide bonds. The maximum Gasteiger partial charge on any atom is 0.249 e. The molecule has 8 heteroatoms. The SMILES string of the molecule is CC(CCNC(=O)CCCO)CC(C)(C)CNC(=O)COOO. The summed E-state index contributed by atoms with van der Waals surface area (Å²) < 4.78 is 0. The predicted octanol–water partition coefficient (Wildman–Crippen LogP) is 0.855. The predicted molar refractivity (Wildman–Crippen MR) is 84.2 cm³/mol. The molecule has 4 N–H and O–H groups in total. The first-order valence-corrected chi connectivity index (χ1v) is 7.88. The zero-order valence-corrected chi connectivity index (χ0v) is 14.3. The van der Waals surface area contributed by atoms with Crippen molar-refractivity contribution in [2.75, 3.05) is 26.3 Å². The smallest absolute Gasteiger partial charge is 0.249 e. The Kier molecular flexibility index (Phi) is 11.6. The number of nitrogens with one attached hydrogen (secondary N) is 2. The van der Waals surface area contributed by atoms with E-state index in [1.54, 1.807) is 0 Å². The molecule has 0 aliphatic carbocycles. The quantitative estimate of drug-likeness (QED) is 0.293. The highest BCUT2D eigenvalue weighted by atomic mass is 17.5. The van der Waals surface area contributed by atoms with Gasteiger partial charge in [-0.3, -0.25) is 9.59 Å². The van der Waals surface area contributed by atoms with Crippen molar-refractivity contribution in [2.45, 2.75) is 46.5 Å². The van der Waals surface area contributed by atoms with E-state index in [4.69, 9.17) is 10.4 Å². The molecule has 23 heavy (non-hydrogen) atoms. The van der Waals surface area contributed by atoms with Crippen molar-refractivity contribution in [3.05, 3.63) is 0 Å². The van der Waals surface area contributed by atoms with E-state index in [0.29, 0.717) is 31.8 Å². The van der Waals surface area contributed by atoms with Gasteiger partial charge >= 0.3 is 0 Å². The van der Waals surface area contributed by atoms with Gasteiger partial charge in [-0.1, -0.05) is 25.8 Å². The first kappa shape index (κ1) is 21.8. The zero-order chi connectivity index (χ0) is 17.7. The number of hydrogen-bond donors (Lipinski definition) is 4. The summed E-state index contributed by atoms with van der Waals surface area (Å²) in [5.74, 6) is -0.0168. The summed E-state index contributed by atoms with van der Waals surface area (Å²) in [6.45, 7) is 6.96. The minimum absolute atomic E-state index is 0.0270. The van der Waals surface area contributed by atoms with Gasteiger partial charge in [-0.15, -0.1) is 0 Å². The summed E-state index contributed by atoms with van der Waals surface area (Å²) in [6, 6.07) is 0. The average Bonchev–Trinajstić information content (AvgIpc) is 2.48. The molecule has 8 nitrogen and oxygen atoms in total. The highest BCUT2D eigenvalue weighted by Gasteiger charge is 2.22. The molecule has 0 aromatic carbocycles. The van der Waals surface area contributed by atoms with Gasteiger partial charge in [0.2, 0.25) is 11.8 Å². The Balaban J connectivity index is 3.90. The molecule has 0 radical (unpaired) electrons. The highest BCUT2D eigenvalue weighted by Crippen LogP contribution is 2.26. The van der Waals surface area contributed by atoms with E-state index >= 15 is 0 Å². The standard InChI is InChI=1S/C15H30N2O6/c1-12(6-7-16-13(19)5-4-8-18)9-15(2,3)11-17-14(20)10-22-23-21/h12,18,21H,4-11H2,1-3H3,(H,16,19)(H,17,20). The van der Waals surface area contributed by atoms with Crippen LogP contribution in [0.3, 0.4) is 0 Å². The number of carbonyl (C=O) groups is 2. The summed E-state index contributed by atoms with van der Waals surface area (Å²) in [4.78, 5) is 26.9. The Morgan fingerprint density at radius 2 is 1.91 bits per heavy atom. The van der Waals surface area contributed by atoms with Gasteiger partial charge < -0.3 is 15.7 Å². The van der Waals surface area contributed by atoms with E-state index in [-0.39, 0.29) is 30.4 Å². The van der Waals surface area contributed by atoms with Crippen molar-refractivity contribution in [2.24, 2.45) is 11.3 Å². The molecule has 0 spiro atoms. The van der Waals surface area contributed by atoms with Crippen LogP contribution in [0.25, 0.3) is 0 Å². The van der Waals surface area contributed by atoms with E-state index in [1.807, 2.05) is 13.8 Å². The molecule has 136 valence electrons. The summed E-state index contributed by atoms with van der Waals surface area (Å²) in [6.07, 6.45) is 2.57. The van der Waals surface area contributed by atoms with Gasteiger partial charge in [0.1, 0.15) is 0 Å². The van der Waals surface area contributed by atoms with Crippen LogP contribution in [0.4, 0.5) is 0 Å². The normalized spacial score (nSPS) is 12.7. The molecule has 0 saturated carbocycles. The highest BCUT2D eigenvalue weighted by molar-refractivity contribution is 5.77. The van der Waals surface area contributed by atoms with Crippen molar-refractivity contribution in [1.29, 1.82) is 0 Å². The van der Waals surface area contributed by atoms with Crippen molar-refractivity contribution < 1.29 is 29.9 Å². The van der Waals surface area contributed by atoms with Crippen molar-refractivity contribution >= 4 is 11.8 Å². The van der Waals surface area contributed by atoms with Gasteiger partial charge in [0, 0.05) is 26.1 Å². The van der Waals surface area contributed by atoms with Crippen LogP contribution in [0.2, 0.25) is 0 Å². The molecule has 1 unspecified atom stereocenters. The van der Waals surface area contributed by atoms with Crippen LogP contribution < -0.4 is 10.6 Å². The third kappa shape index (κ3) is 13.0. The van der Waals surface area contributed by atoms with E-state index < -0.39 is 0 Å². The molecule has 0 fully saturated rings. The number of amides is 2. The molecule has 0 heterocycles. The lowest BCUT2D eigenvalue weighted by Gasteiger charge is -2.28. The van der Waals surface area contributed by atoms with Gasteiger partial charge in [-0.2, -0.15) is 4.89 Å². The molecule has 0 saturated heterocycles. The second kappa shape index (κ2) is 12.2. The fourth-order valence-electron chi connectivity index (χ4n) is 2.37. The van der Waals surface area contributed by atoms with Crippen molar-refractivity contribution in [1.82, 2.24) is 10.6 Å². The molecule has 0 aromatic heterocycles. The number of rotatable bonds is 13. The second-order valence-corrected chi connectivity index (χ2v) is 6.55. The Morgan fingerprint density at radius 3 is 2.52 bits per heavy atom. The Bertz CT molecular complexity index is 349. The van der Waals surface area contributed by atoms with Crippen LogP contribution in [0.5, 0.6) is 0 Å². The Hall–Kier alpha value is -1.22. The molecule has 0 aromatic rings. The lowest BCUT2D eigenvalue weighted by Crippen LogP contribution is -2.37. The van der Waals surface area contributed by atoms with Crippen LogP contribution in [0.15, 0.2) is 0 Å². The lowest BCUT2D eigenvalue weighted by atomic mass is 9.82. The fraction of sp³-hybridized carbons (Fsp3) is 0.867. The summed E-state index contributed by atoms with van der Waals surface area (Å²) in [5, 5.41) is 25.6. The average molecular weight is 334 g/mol. The van der Waals surface area contributed by atoms with Crippen LogP contribution in [-0.2, 0) is 19.5 Å². The Morgan fingerprint density at radius 1 is 1.22 bits per heavy atom. The van der Waals surface area contributed by atoms with Gasteiger partial charge in [-0.25, -0.2) is 5.26 Å². The first-order valence-electron chi connectivity index (χ1n) is 7.88. The molecular formula is C15H30N2O6. The zero-order valence-electron chi connectivity index (χ0n) is 14.3. The van der Waals surface area contributed by atoms with E-state index in [1.165, 1.54) is 0 Å². The third-order valence-corrected chi connectivity index (χ3v) is 3.43. The van der Waals surface area contributed by atoms with Gasteiger partial charge in [0.05, 0.1) is 0 Å². The van der Waals surface area contributed by atoms with Gasteiger partial charge in [-0.05, 0) is 30.6 Å². The summed E-state index contributed by atoms with van der Waals surface area (Å²) >= 11 is 0. The van der Waals surface area contributed by atoms with E-state index in [0.717, 1.165) is 12.8 Å². The Labute approximate surface area is 137 Å². The van der Waals surface area contributed by atoms with Crippen molar-refractivity contribution in [3.63, 3.8) is 0 Å². The fourth-order valence-corrected chi connectivity index (χ4v) is 2.37. The molecular weight excluding hydrogens is 304 g/mol. The first-order chi connectivity index (χ1) is 10.8. The maximum atomic E-state index is 11.4. The largest absolute Gasteiger partial charge is 0.396 e. The monoisotopic (exact) mass is 334 g/mol. The topological polar surface area (TPSA) is 117 Å². The number of carbonyl (C=O) groups excluding carboxylic acids is 2. The number of aliphatic hydroxyl groups is 1. The van der Waals surface area contributed by atoms with E-state index in [2.05, 4.69) is 27.5 Å². The molecule has 0 aliphatic rings. The minimum atomic E-state index is -0.365. The van der Waals surface area contributed by atoms with Crippen LogP contribution in [-0.4, -0.2) is 48.5 Å². The van der Waals surface area contributed by atoms with Crippen LogP contribution in [0.1, 0.15) is 46.5 Å². The molecule has 0 rings (SSSR count). The van der Waals surface area contributed by atoms with Gasteiger partial charge in [0.25, 0.3) is 0 Å². The minimum Gasteiger partial charge on any atom is -0.396 e. The number of hydrogen-bond acceptors (Lipinski definition) is 6. The van der Waals surface area contributed by atoms with Gasteiger partial charge in [0.15, 0.2) is 6.61 Å².